The zero-order valence-electron chi connectivity index (χ0n) is 10.7. The van der Waals surface area contributed by atoms with Gasteiger partial charge in [-0.05, 0) is 38.8 Å². The predicted molar refractivity (Wildman–Crippen MR) is 68.0 cm³/mol. The maximum Gasteiger partial charge on any atom is 0.0636 e. The molecular formula is C13H25N3O. The van der Waals surface area contributed by atoms with Crippen molar-refractivity contribution in [3.05, 3.63) is 0 Å². The van der Waals surface area contributed by atoms with Gasteiger partial charge in [-0.3, -0.25) is 9.80 Å². The van der Waals surface area contributed by atoms with Crippen LogP contribution in [0.25, 0.3) is 0 Å². The van der Waals surface area contributed by atoms with E-state index in [0.29, 0.717) is 12.1 Å². The smallest absolute Gasteiger partial charge is 0.0636 e. The van der Waals surface area contributed by atoms with Gasteiger partial charge in [0.1, 0.15) is 0 Å². The second-order valence-corrected chi connectivity index (χ2v) is 5.78. The molecule has 3 atom stereocenters. The number of rotatable bonds is 2. The second kappa shape index (κ2) is 5.22. The van der Waals surface area contributed by atoms with Crippen molar-refractivity contribution >= 4 is 0 Å². The van der Waals surface area contributed by atoms with Crippen molar-refractivity contribution in [3.8, 4) is 0 Å². The van der Waals surface area contributed by atoms with Gasteiger partial charge in [0, 0.05) is 37.8 Å². The highest BCUT2D eigenvalue weighted by molar-refractivity contribution is 4.93. The van der Waals surface area contributed by atoms with Gasteiger partial charge in [0.05, 0.1) is 6.61 Å². The minimum absolute atomic E-state index is 0.320. The SMILES string of the molecule is NC1CCOCC1N1CCC(N2CCCC2)C1. The van der Waals surface area contributed by atoms with E-state index in [4.69, 9.17) is 10.5 Å². The summed E-state index contributed by atoms with van der Waals surface area (Å²) in [5.41, 5.74) is 6.22. The molecule has 0 aliphatic carbocycles. The molecule has 3 saturated heterocycles. The zero-order chi connectivity index (χ0) is 11.7. The molecule has 98 valence electrons. The number of nitrogens with zero attached hydrogens (tertiary/aromatic N) is 2. The summed E-state index contributed by atoms with van der Waals surface area (Å²) in [6.07, 6.45) is 5.13. The molecule has 4 heteroatoms. The van der Waals surface area contributed by atoms with Crippen molar-refractivity contribution in [2.45, 2.75) is 43.8 Å². The van der Waals surface area contributed by atoms with Crippen molar-refractivity contribution in [1.82, 2.24) is 9.80 Å². The number of hydrogen-bond acceptors (Lipinski definition) is 4. The molecule has 3 aliphatic rings. The molecule has 17 heavy (non-hydrogen) atoms. The molecule has 3 fully saturated rings. The highest BCUT2D eigenvalue weighted by Crippen LogP contribution is 2.24. The Morgan fingerprint density at radius 3 is 2.59 bits per heavy atom. The normalized spacial score (nSPS) is 41.1. The first kappa shape index (κ1) is 11.9. The van der Waals surface area contributed by atoms with Crippen molar-refractivity contribution in [3.63, 3.8) is 0 Å². The lowest BCUT2D eigenvalue weighted by Gasteiger charge is -2.36. The van der Waals surface area contributed by atoms with Gasteiger partial charge in [0.15, 0.2) is 0 Å². The van der Waals surface area contributed by atoms with Gasteiger partial charge in [0.25, 0.3) is 0 Å². The fourth-order valence-electron chi connectivity index (χ4n) is 3.59. The number of hydrogen-bond donors (Lipinski definition) is 1. The third-order valence-electron chi connectivity index (χ3n) is 4.70. The lowest BCUT2D eigenvalue weighted by molar-refractivity contribution is 0.0122. The number of likely N-dealkylation sites (tertiary alicyclic amines) is 2. The highest BCUT2D eigenvalue weighted by Gasteiger charge is 2.35. The Balaban J connectivity index is 1.55. The molecule has 0 aromatic rings. The van der Waals surface area contributed by atoms with Gasteiger partial charge in [0.2, 0.25) is 0 Å². The van der Waals surface area contributed by atoms with Gasteiger partial charge < -0.3 is 10.5 Å². The summed E-state index contributed by atoms with van der Waals surface area (Å²) in [4.78, 5) is 5.25. The first-order valence-electron chi connectivity index (χ1n) is 7.16. The molecule has 4 nitrogen and oxygen atoms in total. The molecule has 0 bridgehead atoms. The van der Waals surface area contributed by atoms with Crippen LogP contribution in [-0.2, 0) is 4.74 Å². The first-order chi connectivity index (χ1) is 8.34. The maximum absolute atomic E-state index is 6.22. The van der Waals surface area contributed by atoms with E-state index in [2.05, 4.69) is 9.80 Å². The fourth-order valence-corrected chi connectivity index (χ4v) is 3.59. The molecule has 3 aliphatic heterocycles. The number of ether oxygens (including phenoxy) is 1. The summed E-state index contributed by atoms with van der Waals surface area (Å²) in [6, 6.07) is 1.57. The first-order valence-corrected chi connectivity index (χ1v) is 7.16. The van der Waals surface area contributed by atoms with Crippen molar-refractivity contribution in [2.75, 3.05) is 39.4 Å². The van der Waals surface area contributed by atoms with Gasteiger partial charge in [-0.1, -0.05) is 0 Å². The molecule has 0 radical (unpaired) electrons. The van der Waals surface area contributed by atoms with E-state index in [0.717, 1.165) is 25.7 Å². The van der Waals surface area contributed by atoms with Gasteiger partial charge in [-0.25, -0.2) is 0 Å². The van der Waals surface area contributed by atoms with E-state index in [-0.39, 0.29) is 0 Å². The quantitative estimate of drug-likeness (QED) is 0.751. The molecule has 0 aromatic heterocycles. The van der Waals surface area contributed by atoms with Crippen LogP contribution in [0.3, 0.4) is 0 Å². The summed E-state index contributed by atoms with van der Waals surface area (Å²) in [5.74, 6) is 0. The Morgan fingerprint density at radius 1 is 1.00 bits per heavy atom. The van der Waals surface area contributed by atoms with Crippen LogP contribution in [0.1, 0.15) is 25.7 Å². The maximum atomic E-state index is 6.22. The van der Waals surface area contributed by atoms with Crippen LogP contribution in [0.5, 0.6) is 0 Å². The van der Waals surface area contributed by atoms with Crippen molar-refractivity contribution in [2.24, 2.45) is 5.73 Å². The molecule has 0 amide bonds. The van der Waals surface area contributed by atoms with E-state index in [9.17, 15) is 0 Å². The average molecular weight is 239 g/mol. The lowest BCUT2D eigenvalue weighted by Crippen LogP contribution is -2.53. The van der Waals surface area contributed by atoms with Crippen molar-refractivity contribution < 1.29 is 4.74 Å². The monoisotopic (exact) mass is 239 g/mol. The van der Waals surface area contributed by atoms with Gasteiger partial charge in [-0.15, -0.1) is 0 Å². The van der Waals surface area contributed by atoms with Gasteiger partial charge in [-0.2, -0.15) is 0 Å². The van der Waals surface area contributed by atoms with Crippen LogP contribution in [0.15, 0.2) is 0 Å². The molecule has 3 unspecified atom stereocenters. The summed E-state index contributed by atoms with van der Waals surface area (Å²) >= 11 is 0. The Morgan fingerprint density at radius 2 is 1.82 bits per heavy atom. The molecule has 0 spiro atoms. The second-order valence-electron chi connectivity index (χ2n) is 5.78. The predicted octanol–water partition coefficient (Wildman–Crippen LogP) is 0.273. The summed E-state index contributed by atoms with van der Waals surface area (Å²) in [7, 11) is 0. The molecule has 2 N–H and O–H groups in total. The van der Waals surface area contributed by atoms with Crippen LogP contribution in [0, 0.1) is 0 Å². The zero-order valence-corrected chi connectivity index (χ0v) is 10.7. The number of nitrogens with two attached hydrogens (primary N) is 1. The van der Waals surface area contributed by atoms with E-state index in [1.54, 1.807) is 0 Å². The summed E-state index contributed by atoms with van der Waals surface area (Å²) in [6.45, 7) is 6.73. The van der Waals surface area contributed by atoms with Crippen LogP contribution < -0.4 is 5.73 Å². The largest absolute Gasteiger partial charge is 0.380 e. The van der Waals surface area contributed by atoms with Crippen molar-refractivity contribution in [1.29, 1.82) is 0 Å². The minimum Gasteiger partial charge on any atom is -0.380 e. The fraction of sp³-hybridized carbons (Fsp3) is 1.00. The molecule has 3 heterocycles. The Labute approximate surface area is 104 Å². The third kappa shape index (κ3) is 2.50. The Kier molecular flexibility index (Phi) is 3.66. The summed E-state index contributed by atoms with van der Waals surface area (Å²) < 4.78 is 5.59. The van der Waals surface area contributed by atoms with E-state index in [1.807, 2.05) is 0 Å². The Hall–Kier alpha value is -0.160. The molecule has 0 saturated carbocycles. The average Bonchev–Trinajstić information content (AvgIpc) is 3.00. The van der Waals surface area contributed by atoms with E-state index in [1.165, 1.54) is 45.4 Å². The standard InChI is InChI=1S/C13H25N3O/c14-12-4-8-17-10-13(12)16-7-3-11(9-16)15-5-1-2-6-15/h11-13H,1-10,14H2. The Bertz CT molecular complexity index is 255. The summed E-state index contributed by atoms with van der Waals surface area (Å²) in [5, 5.41) is 0. The minimum atomic E-state index is 0.320. The van der Waals surface area contributed by atoms with Gasteiger partial charge >= 0.3 is 0 Å². The van der Waals surface area contributed by atoms with Crippen LogP contribution in [-0.4, -0.2) is 67.3 Å². The third-order valence-corrected chi connectivity index (χ3v) is 4.70. The molecular weight excluding hydrogens is 214 g/mol. The van der Waals surface area contributed by atoms with Crippen LogP contribution >= 0.6 is 0 Å². The molecule has 3 rings (SSSR count). The topological polar surface area (TPSA) is 41.7 Å². The van der Waals surface area contributed by atoms with Crippen LogP contribution in [0.2, 0.25) is 0 Å². The van der Waals surface area contributed by atoms with Crippen LogP contribution in [0.4, 0.5) is 0 Å². The molecule has 0 aromatic carbocycles. The lowest BCUT2D eigenvalue weighted by atomic mass is 10.0. The van der Waals surface area contributed by atoms with E-state index < -0.39 is 0 Å². The van der Waals surface area contributed by atoms with E-state index >= 15 is 0 Å². The highest BCUT2D eigenvalue weighted by atomic mass is 16.5.